The summed E-state index contributed by atoms with van der Waals surface area (Å²) >= 11 is 0. The van der Waals surface area contributed by atoms with E-state index in [0.717, 1.165) is 24.9 Å². The van der Waals surface area contributed by atoms with E-state index in [4.69, 9.17) is 4.74 Å². The quantitative estimate of drug-likeness (QED) is 0.919. The lowest BCUT2D eigenvalue weighted by atomic mass is 10.1. The molecule has 5 nitrogen and oxygen atoms in total. The number of morpholine rings is 1. The van der Waals surface area contributed by atoms with E-state index < -0.39 is 6.61 Å². The average molecular weight is 326 g/mol. The number of ether oxygens (including phenoxy) is 2. The lowest BCUT2D eigenvalue weighted by Gasteiger charge is -2.34. The fraction of sp³-hybridized carbons (Fsp3) is 0.562. The van der Waals surface area contributed by atoms with Crippen LogP contribution in [0.1, 0.15) is 24.5 Å². The summed E-state index contributed by atoms with van der Waals surface area (Å²) < 4.78 is 34.8. The van der Waals surface area contributed by atoms with Crippen LogP contribution in [0.2, 0.25) is 0 Å². The van der Waals surface area contributed by atoms with Crippen molar-refractivity contribution < 1.29 is 23.0 Å². The summed E-state index contributed by atoms with van der Waals surface area (Å²) in [5, 5.41) is 3.20. The molecule has 0 aromatic heterocycles. The number of hydrogen-bond acceptors (Lipinski definition) is 4. The molecule has 126 valence electrons. The number of carbonyl (C=O) groups excluding carboxylic acids is 1. The van der Waals surface area contributed by atoms with Crippen molar-refractivity contribution in [2.24, 2.45) is 0 Å². The number of hydrogen-bond donors (Lipinski definition) is 1. The molecule has 2 atom stereocenters. The molecule has 1 amide bonds. The van der Waals surface area contributed by atoms with E-state index in [1.165, 1.54) is 6.07 Å². The zero-order valence-corrected chi connectivity index (χ0v) is 12.7. The summed E-state index contributed by atoms with van der Waals surface area (Å²) in [5.41, 5.74) is 0.736. The maximum absolute atomic E-state index is 12.5. The topological polar surface area (TPSA) is 50.8 Å². The summed E-state index contributed by atoms with van der Waals surface area (Å²) in [7, 11) is 0. The van der Waals surface area contributed by atoms with Gasteiger partial charge in [0, 0.05) is 6.54 Å². The Morgan fingerprint density at radius 3 is 3.04 bits per heavy atom. The number of nitrogens with zero attached hydrogens (tertiary/aromatic N) is 1. The maximum Gasteiger partial charge on any atom is 0.387 e. The predicted molar refractivity (Wildman–Crippen MR) is 79.4 cm³/mol. The predicted octanol–water partition coefficient (Wildman–Crippen LogP) is 1.94. The fourth-order valence-electron chi connectivity index (χ4n) is 3.06. The van der Waals surface area contributed by atoms with Crippen LogP contribution < -0.4 is 10.1 Å². The fourth-order valence-corrected chi connectivity index (χ4v) is 3.06. The second-order valence-electron chi connectivity index (χ2n) is 5.74. The van der Waals surface area contributed by atoms with E-state index in [0.29, 0.717) is 19.7 Å². The van der Waals surface area contributed by atoms with Crippen molar-refractivity contribution in [1.29, 1.82) is 0 Å². The summed E-state index contributed by atoms with van der Waals surface area (Å²) in [4.78, 5) is 14.3. The first kappa shape index (κ1) is 16.1. The molecule has 23 heavy (non-hydrogen) atoms. The molecule has 0 aliphatic carbocycles. The first-order valence-electron chi connectivity index (χ1n) is 7.82. The molecule has 0 radical (unpaired) electrons. The maximum atomic E-state index is 12.5. The highest BCUT2D eigenvalue weighted by Gasteiger charge is 2.31. The summed E-state index contributed by atoms with van der Waals surface area (Å²) in [5.74, 6) is 0.192. The van der Waals surface area contributed by atoms with Crippen LogP contribution in [0.25, 0.3) is 0 Å². The number of halogens is 2. The minimum Gasteiger partial charge on any atom is -0.435 e. The van der Waals surface area contributed by atoms with Crippen LogP contribution in [0.5, 0.6) is 5.75 Å². The number of rotatable bonds is 4. The Bertz CT molecular complexity index is 550. The van der Waals surface area contributed by atoms with Crippen LogP contribution in [0.15, 0.2) is 24.3 Å². The van der Waals surface area contributed by atoms with Gasteiger partial charge in [-0.2, -0.15) is 8.78 Å². The van der Waals surface area contributed by atoms with Gasteiger partial charge in [0.05, 0.1) is 19.2 Å². The van der Waals surface area contributed by atoms with Crippen molar-refractivity contribution in [1.82, 2.24) is 10.2 Å². The molecule has 2 heterocycles. The highest BCUT2D eigenvalue weighted by molar-refractivity contribution is 5.82. The smallest absolute Gasteiger partial charge is 0.387 e. The molecule has 1 aromatic carbocycles. The zero-order chi connectivity index (χ0) is 16.2. The van der Waals surface area contributed by atoms with Gasteiger partial charge >= 0.3 is 6.61 Å². The van der Waals surface area contributed by atoms with E-state index in [2.05, 4.69) is 10.1 Å². The number of benzene rings is 1. The second kappa shape index (κ2) is 7.23. The van der Waals surface area contributed by atoms with Gasteiger partial charge in [-0.25, -0.2) is 0 Å². The van der Waals surface area contributed by atoms with Crippen molar-refractivity contribution in [3.05, 3.63) is 29.8 Å². The molecule has 2 aliphatic rings. The minimum absolute atomic E-state index is 0.0933. The minimum atomic E-state index is -2.86. The van der Waals surface area contributed by atoms with Crippen molar-refractivity contribution in [3.63, 3.8) is 0 Å². The Morgan fingerprint density at radius 1 is 1.43 bits per heavy atom. The van der Waals surface area contributed by atoms with E-state index >= 15 is 0 Å². The van der Waals surface area contributed by atoms with E-state index in [1.807, 2.05) is 0 Å². The van der Waals surface area contributed by atoms with Crippen molar-refractivity contribution in [3.8, 4) is 5.75 Å². The Morgan fingerprint density at radius 2 is 2.30 bits per heavy atom. The summed E-state index contributed by atoms with van der Waals surface area (Å²) in [6.07, 6.45) is 1.55. The molecule has 2 unspecified atom stereocenters. The van der Waals surface area contributed by atoms with Crippen molar-refractivity contribution in [2.75, 3.05) is 26.2 Å². The second-order valence-corrected chi connectivity index (χ2v) is 5.74. The Labute approximate surface area is 133 Å². The number of alkyl halides is 2. The highest BCUT2D eigenvalue weighted by atomic mass is 19.3. The molecule has 1 N–H and O–H groups in total. The first-order valence-corrected chi connectivity index (χ1v) is 7.82. The van der Waals surface area contributed by atoms with Crippen LogP contribution in [0.4, 0.5) is 8.78 Å². The highest BCUT2D eigenvalue weighted by Crippen LogP contribution is 2.27. The summed E-state index contributed by atoms with van der Waals surface area (Å²) in [6.45, 7) is -0.570. The van der Waals surface area contributed by atoms with Gasteiger partial charge in [0.2, 0.25) is 5.91 Å². The van der Waals surface area contributed by atoms with Crippen LogP contribution in [0.3, 0.4) is 0 Å². The SMILES string of the molecule is O=C(C1CCCN1)N1CCOC(c2cccc(OC(F)F)c2)C1. The van der Waals surface area contributed by atoms with Gasteiger partial charge in [-0.3, -0.25) is 4.79 Å². The van der Waals surface area contributed by atoms with E-state index in [9.17, 15) is 13.6 Å². The summed E-state index contributed by atoms with van der Waals surface area (Å²) in [6, 6.07) is 6.35. The van der Waals surface area contributed by atoms with Gasteiger partial charge in [0.25, 0.3) is 0 Å². The monoisotopic (exact) mass is 326 g/mol. The first-order chi connectivity index (χ1) is 11.1. The lowest BCUT2D eigenvalue weighted by molar-refractivity contribution is -0.140. The van der Waals surface area contributed by atoms with Crippen molar-refractivity contribution >= 4 is 5.91 Å². The molecular formula is C16H20F2N2O3. The molecule has 7 heteroatoms. The molecule has 2 aliphatic heterocycles. The zero-order valence-electron chi connectivity index (χ0n) is 12.7. The number of nitrogens with one attached hydrogen (secondary N) is 1. The Balaban J connectivity index is 1.67. The largest absolute Gasteiger partial charge is 0.435 e. The molecule has 0 bridgehead atoms. The lowest BCUT2D eigenvalue weighted by Crippen LogP contribution is -2.49. The Hall–Kier alpha value is -1.73. The van der Waals surface area contributed by atoms with E-state index in [1.54, 1.807) is 23.1 Å². The third kappa shape index (κ3) is 3.97. The van der Waals surface area contributed by atoms with Gasteiger partial charge in [-0.1, -0.05) is 12.1 Å². The molecule has 2 saturated heterocycles. The average Bonchev–Trinajstić information content (AvgIpc) is 3.08. The molecule has 3 rings (SSSR count). The van der Waals surface area contributed by atoms with Gasteiger partial charge in [-0.05, 0) is 37.1 Å². The number of carbonyl (C=O) groups is 1. The number of amides is 1. The molecule has 0 saturated carbocycles. The van der Waals surface area contributed by atoms with Crippen LogP contribution in [0, 0.1) is 0 Å². The van der Waals surface area contributed by atoms with Gasteiger partial charge in [-0.15, -0.1) is 0 Å². The molecule has 1 aromatic rings. The van der Waals surface area contributed by atoms with Crippen molar-refractivity contribution in [2.45, 2.75) is 31.6 Å². The van der Waals surface area contributed by atoms with Crippen LogP contribution >= 0.6 is 0 Å². The third-order valence-electron chi connectivity index (χ3n) is 4.19. The molecular weight excluding hydrogens is 306 g/mol. The van der Waals surface area contributed by atoms with Gasteiger partial charge in [0.15, 0.2) is 0 Å². The molecule has 0 spiro atoms. The molecule has 2 fully saturated rings. The third-order valence-corrected chi connectivity index (χ3v) is 4.19. The van der Waals surface area contributed by atoms with Crippen LogP contribution in [-0.2, 0) is 9.53 Å². The van der Waals surface area contributed by atoms with Gasteiger partial charge in [0.1, 0.15) is 11.9 Å². The van der Waals surface area contributed by atoms with Crippen LogP contribution in [-0.4, -0.2) is 49.7 Å². The standard InChI is InChI=1S/C16H20F2N2O3/c17-16(18)23-12-4-1-3-11(9-12)14-10-20(7-8-22-14)15(21)13-5-2-6-19-13/h1,3-4,9,13-14,16,19H,2,5-8,10H2. The Kier molecular flexibility index (Phi) is 5.07. The van der Waals surface area contributed by atoms with Gasteiger partial charge < -0.3 is 19.7 Å². The normalized spacial score (nSPS) is 24.9. The van der Waals surface area contributed by atoms with E-state index in [-0.39, 0.29) is 23.8 Å².